The quantitative estimate of drug-likeness (QED) is 0.256. The summed E-state index contributed by atoms with van der Waals surface area (Å²) in [5.41, 5.74) is 2.38. The molecule has 0 saturated carbocycles. The SMILES string of the molecule is O=c1c2ccccc2nc(SCc2nc(Cc3ccccc3)no2)n1Cc1ccc(F)cc1. The minimum absolute atomic E-state index is 0.150. The van der Waals surface area contributed by atoms with E-state index in [2.05, 4.69) is 10.1 Å². The lowest BCUT2D eigenvalue weighted by Crippen LogP contribution is -2.24. The largest absolute Gasteiger partial charge is 0.338 e. The number of fused-ring (bicyclic) bond motifs is 1. The average molecular weight is 459 g/mol. The van der Waals surface area contributed by atoms with Gasteiger partial charge in [0.1, 0.15) is 5.82 Å². The summed E-state index contributed by atoms with van der Waals surface area (Å²) in [6.45, 7) is 0.280. The summed E-state index contributed by atoms with van der Waals surface area (Å²) in [7, 11) is 0. The second kappa shape index (κ2) is 9.38. The third-order valence-corrected chi connectivity index (χ3v) is 6.08. The van der Waals surface area contributed by atoms with Crippen LogP contribution in [-0.2, 0) is 18.7 Å². The molecule has 0 spiro atoms. The molecule has 0 saturated heterocycles. The second-order valence-electron chi connectivity index (χ2n) is 7.48. The fourth-order valence-corrected chi connectivity index (χ4v) is 4.33. The second-order valence-corrected chi connectivity index (χ2v) is 8.43. The third-order valence-electron chi connectivity index (χ3n) is 5.12. The predicted octanol–water partition coefficient (Wildman–Crippen LogP) is 4.85. The highest BCUT2D eigenvalue weighted by Gasteiger charge is 2.15. The van der Waals surface area contributed by atoms with Crippen LogP contribution < -0.4 is 5.56 Å². The molecule has 0 N–H and O–H groups in total. The number of benzene rings is 3. The Hall–Kier alpha value is -3.78. The number of para-hydroxylation sites is 1. The summed E-state index contributed by atoms with van der Waals surface area (Å²) in [5.74, 6) is 1.12. The molecule has 0 radical (unpaired) electrons. The number of hydrogen-bond donors (Lipinski definition) is 0. The van der Waals surface area contributed by atoms with Gasteiger partial charge in [0.25, 0.3) is 5.56 Å². The number of halogens is 1. The Kier molecular flexibility index (Phi) is 5.99. The lowest BCUT2D eigenvalue weighted by molar-refractivity contribution is 0.385. The molecule has 3 aromatic carbocycles. The van der Waals surface area contributed by atoms with Crippen LogP contribution in [0.25, 0.3) is 10.9 Å². The average Bonchev–Trinajstić information content (AvgIpc) is 3.29. The molecule has 6 nitrogen and oxygen atoms in total. The van der Waals surface area contributed by atoms with Crippen LogP contribution in [0.4, 0.5) is 4.39 Å². The molecule has 0 aliphatic rings. The monoisotopic (exact) mass is 458 g/mol. The number of rotatable bonds is 7. The van der Waals surface area contributed by atoms with Crippen LogP contribution in [0.3, 0.4) is 0 Å². The molecule has 0 unspecified atom stereocenters. The van der Waals surface area contributed by atoms with Gasteiger partial charge in [-0.1, -0.05) is 71.5 Å². The minimum Gasteiger partial charge on any atom is -0.338 e. The zero-order chi connectivity index (χ0) is 22.6. The van der Waals surface area contributed by atoms with Crippen molar-refractivity contribution in [1.29, 1.82) is 0 Å². The number of aromatic nitrogens is 4. The smallest absolute Gasteiger partial charge is 0.262 e. The highest BCUT2D eigenvalue weighted by Crippen LogP contribution is 2.23. The van der Waals surface area contributed by atoms with Gasteiger partial charge in [-0.2, -0.15) is 4.98 Å². The molecule has 2 aromatic heterocycles. The van der Waals surface area contributed by atoms with Crippen LogP contribution in [0.5, 0.6) is 0 Å². The van der Waals surface area contributed by atoms with E-state index in [0.717, 1.165) is 11.1 Å². The van der Waals surface area contributed by atoms with Crippen LogP contribution in [0.15, 0.2) is 93.3 Å². The first-order valence-corrected chi connectivity index (χ1v) is 11.4. The van der Waals surface area contributed by atoms with Crippen LogP contribution in [0.1, 0.15) is 22.8 Å². The lowest BCUT2D eigenvalue weighted by atomic mass is 10.1. The molecule has 0 atom stereocenters. The summed E-state index contributed by atoms with van der Waals surface area (Å²) in [6.07, 6.45) is 0.582. The summed E-state index contributed by atoms with van der Waals surface area (Å²) in [4.78, 5) is 22.4. The maximum atomic E-state index is 13.3. The Morgan fingerprint density at radius 2 is 1.64 bits per heavy atom. The van der Waals surface area contributed by atoms with Gasteiger partial charge >= 0.3 is 0 Å². The lowest BCUT2D eigenvalue weighted by Gasteiger charge is -2.12. The molecule has 2 heterocycles. The van der Waals surface area contributed by atoms with Crippen molar-refractivity contribution in [3.05, 3.63) is 118 Å². The van der Waals surface area contributed by atoms with Crippen molar-refractivity contribution < 1.29 is 8.91 Å². The minimum atomic E-state index is -0.319. The zero-order valence-electron chi connectivity index (χ0n) is 17.5. The maximum absolute atomic E-state index is 13.3. The molecular weight excluding hydrogens is 439 g/mol. The Bertz CT molecular complexity index is 1450. The molecule has 0 bridgehead atoms. The molecular formula is C25H19FN4O2S. The van der Waals surface area contributed by atoms with Gasteiger partial charge in [0.2, 0.25) is 5.89 Å². The summed E-state index contributed by atoms with van der Waals surface area (Å²) >= 11 is 1.35. The fraction of sp³-hybridized carbons (Fsp3) is 0.120. The Labute approximate surface area is 193 Å². The van der Waals surface area contributed by atoms with Gasteiger partial charge < -0.3 is 4.52 Å². The maximum Gasteiger partial charge on any atom is 0.262 e. The molecule has 5 aromatic rings. The first-order valence-electron chi connectivity index (χ1n) is 10.4. The van der Waals surface area contributed by atoms with Gasteiger partial charge in [0, 0.05) is 6.42 Å². The predicted molar refractivity (Wildman–Crippen MR) is 125 cm³/mol. The van der Waals surface area contributed by atoms with Crippen molar-refractivity contribution in [2.24, 2.45) is 0 Å². The van der Waals surface area contributed by atoms with E-state index in [9.17, 15) is 9.18 Å². The van der Waals surface area contributed by atoms with E-state index in [1.807, 2.05) is 48.5 Å². The van der Waals surface area contributed by atoms with Gasteiger partial charge in [-0.25, -0.2) is 9.37 Å². The van der Waals surface area contributed by atoms with Crippen LogP contribution in [0.2, 0.25) is 0 Å². The molecule has 164 valence electrons. The first kappa shape index (κ1) is 21.1. The molecule has 5 rings (SSSR count). The van der Waals surface area contributed by atoms with Crippen LogP contribution in [-0.4, -0.2) is 19.7 Å². The molecule has 8 heteroatoms. The Morgan fingerprint density at radius 3 is 2.45 bits per heavy atom. The standard InChI is InChI=1S/C25H19FN4O2S/c26-19-12-10-18(11-13-19)15-30-24(31)20-8-4-5-9-21(20)27-25(30)33-16-23-28-22(29-32-23)14-17-6-2-1-3-7-17/h1-13H,14-16H2. The summed E-state index contributed by atoms with van der Waals surface area (Å²) in [5, 5.41) is 5.13. The highest BCUT2D eigenvalue weighted by atomic mass is 32.2. The fourth-order valence-electron chi connectivity index (χ4n) is 3.49. The van der Waals surface area contributed by atoms with Crippen molar-refractivity contribution in [2.75, 3.05) is 0 Å². The molecule has 0 amide bonds. The van der Waals surface area contributed by atoms with E-state index in [-0.39, 0.29) is 17.9 Å². The van der Waals surface area contributed by atoms with Crippen molar-refractivity contribution >= 4 is 22.7 Å². The molecule has 33 heavy (non-hydrogen) atoms. The summed E-state index contributed by atoms with van der Waals surface area (Å²) < 4.78 is 20.3. The van der Waals surface area contributed by atoms with E-state index >= 15 is 0 Å². The highest BCUT2D eigenvalue weighted by molar-refractivity contribution is 7.98. The van der Waals surface area contributed by atoms with E-state index in [4.69, 9.17) is 9.51 Å². The number of thioether (sulfide) groups is 1. The van der Waals surface area contributed by atoms with Gasteiger partial charge in [-0.15, -0.1) is 0 Å². The van der Waals surface area contributed by atoms with Crippen molar-refractivity contribution in [2.45, 2.75) is 23.9 Å². The van der Waals surface area contributed by atoms with E-state index < -0.39 is 0 Å². The number of nitrogens with zero attached hydrogens (tertiary/aromatic N) is 4. The Morgan fingerprint density at radius 1 is 0.879 bits per heavy atom. The van der Waals surface area contributed by atoms with Gasteiger partial charge in [-0.05, 0) is 35.4 Å². The van der Waals surface area contributed by atoms with Gasteiger partial charge in [-0.3, -0.25) is 9.36 Å². The number of hydrogen-bond acceptors (Lipinski definition) is 6. The topological polar surface area (TPSA) is 73.8 Å². The van der Waals surface area contributed by atoms with E-state index in [1.165, 1.54) is 23.9 Å². The van der Waals surface area contributed by atoms with E-state index in [0.29, 0.717) is 39.9 Å². The molecule has 0 aliphatic carbocycles. The van der Waals surface area contributed by atoms with Crippen molar-refractivity contribution in [1.82, 2.24) is 19.7 Å². The molecule has 0 fully saturated rings. The van der Waals surface area contributed by atoms with Crippen LogP contribution >= 0.6 is 11.8 Å². The van der Waals surface area contributed by atoms with Crippen molar-refractivity contribution in [3.8, 4) is 0 Å². The molecule has 0 aliphatic heterocycles. The zero-order valence-corrected chi connectivity index (χ0v) is 18.3. The normalized spacial score (nSPS) is 11.2. The summed E-state index contributed by atoms with van der Waals surface area (Å²) in [6, 6.07) is 23.3. The van der Waals surface area contributed by atoms with E-state index in [1.54, 1.807) is 22.8 Å². The van der Waals surface area contributed by atoms with Gasteiger partial charge in [0.15, 0.2) is 11.0 Å². The van der Waals surface area contributed by atoms with Gasteiger partial charge in [0.05, 0.1) is 23.2 Å². The third kappa shape index (κ3) is 4.85. The van der Waals surface area contributed by atoms with Crippen LogP contribution in [0, 0.1) is 5.82 Å². The van der Waals surface area contributed by atoms with Crippen molar-refractivity contribution in [3.63, 3.8) is 0 Å². The Balaban J connectivity index is 1.41. The first-order chi connectivity index (χ1) is 16.2.